The number of carbonyl (C=O) groups is 1. The topological polar surface area (TPSA) is 29.6 Å². The minimum Gasteiger partial charge on any atom is -0.448 e. The first-order chi connectivity index (χ1) is 6.43. The zero-order chi connectivity index (χ0) is 10.9. The Morgan fingerprint density at radius 1 is 1.29 bits per heavy atom. The minimum atomic E-state index is -0.361. The van der Waals surface area contributed by atoms with Crippen molar-refractivity contribution in [1.29, 1.82) is 0 Å². The van der Waals surface area contributed by atoms with Crippen molar-refractivity contribution in [2.24, 2.45) is 0 Å². The minimum absolute atomic E-state index is 0.361. The second kappa shape index (κ2) is 4.58. The summed E-state index contributed by atoms with van der Waals surface area (Å²) in [6.45, 7) is 1.29. The lowest BCUT2D eigenvalue weighted by Crippen LogP contribution is -1.62. The first-order valence-corrected chi connectivity index (χ1v) is 4.96. The van der Waals surface area contributed by atoms with Gasteiger partial charge in [0.2, 0.25) is 5.24 Å². The van der Waals surface area contributed by atoms with Crippen molar-refractivity contribution in [3.63, 3.8) is 0 Å². The van der Waals surface area contributed by atoms with Gasteiger partial charge >= 0.3 is 0 Å². The van der Waals surface area contributed by atoms with Gasteiger partial charge in [-0.2, -0.15) is 0 Å². The molecule has 2 rings (SSSR count). The zero-order valence-corrected chi connectivity index (χ0v) is 9.93. The highest BCUT2D eigenvalue weighted by Crippen LogP contribution is 2.55. The molecule has 0 aliphatic carbocycles. The van der Waals surface area contributed by atoms with E-state index in [1.165, 1.54) is 6.92 Å². The van der Waals surface area contributed by atoms with Crippen LogP contribution >= 0.6 is 46.4 Å². The number of benzene rings is 1. The zero-order valence-electron chi connectivity index (χ0n) is 6.91. The Morgan fingerprint density at radius 2 is 1.79 bits per heavy atom. The number of fused-ring (bicyclic) bond motifs is 1. The van der Waals surface area contributed by atoms with Crippen molar-refractivity contribution >= 4 is 51.6 Å². The maximum Gasteiger partial charge on any atom is 0.218 e. The maximum atomic E-state index is 9.21. The van der Waals surface area contributed by atoms with Gasteiger partial charge in [-0.3, -0.25) is 4.79 Å². The van der Waals surface area contributed by atoms with Crippen LogP contribution in [0.5, 0.6) is 11.5 Å². The summed E-state index contributed by atoms with van der Waals surface area (Å²) >= 11 is 21.7. The number of hydrogen-bond acceptors (Lipinski definition) is 2. The highest BCUT2D eigenvalue weighted by Gasteiger charge is 2.27. The Kier molecular flexibility index (Phi) is 3.90. The molecular weight excluding hydrogens is 270 g/mol. The van der Waals surface area contributed by atoms with E-state index in [1.54, 1.807) is 6.07 Å². The van der Waals surface area contributed by atoms with Crippen LogP contribution in [0.25, 0.3) is 0 Å². The van der Waals surface area contributed by atoms with Gasteiger partial charge in [-0.15, -0.1) is 0 Å². The third-order valence-corrected chi connectivity index (χ3v) is 2.50. The SMILES string of the molecule is CC(=O)Cl.Clc1cc2c(c(Cl)c1Cl)O2. The standard InChI is InChI=1S/C6HCl3O.C2H3ClO/c7-2-1-3-6(10-3)5(9)4(2)8;1-2(3)4/h1H;1H3. The lowest BCUT2D eigenvalue weighted by Gasteiger charge is -1.90. The molecule has 6 heteroatoms. The van der Waals surface area contributed by atoms with Crippen molar-refractivity contribution in [2.45, 2.75) is 6.92 Å². The smallest absolute Gasteiger partial charge is 0.218 e. The Hall–Kier alpha value is -0.150. The fourth-order valence-electron chi connectivity index (χ4n) is 0.715. The lowest BCUT2D eigenvalue weighted by atomic mass is 10.4. The molecule has 1 aromatic carbocycles. The third kappa shape index (κ3) is 2.92. The quantitative estimate of drug-likeness (QED) is 0.401. The molecule has 0 amide bonds. The molecule has 0 fully saturated rings. The van der Waals surface area contributed by atoms with Gasteiger partial charge in [-0.25, -0.2) is 0 Å². The molecule has 1 aromatic rings. The van der Waals surface area contributed by atoms with Crippen LogP contribution in [0, 0.1) is 0 Å². The Morgan fingerprint density at radius 3 is 2.29 bits per heavy atom. The Balaban J connectivity index is 0.000000213. The molecule has 0 atom stereocenters. The predicted molar refractivity (Wildman–Crippen MR) is 58.1 cm³/mol. The second-order valence-corrected chi connectivity index (χ2v) is 4.08. The van der Waals surface area contributed by atoms with Crippen molar-refractivity contribution in [3.8, 4) is 11.5 Å². The van der Waals surface area contributed by atoms with E-state index in [9.17, 15) is 4.79 Å². The number of carbonyl (C=O) groups excluding carboxylic acids is 1. The summed E-state index contributed by atoms with van der Waals surface area (Å²) in [7, 11) is 0. The average molecular weight is 274 g/mol. The summed E-state index contributed by atoms with van der Waals surface area (Å²) in [5.74, 6) is 1.37. The van der Waals surface area contributed by atoms with E-state index in [4.69, 9.17) is 39.5 Å². The van der Waals surface area contributed by atoms with Gasteiger partial charge in [0.25, 0.3) is 0 Å². The fraction of sp³-hybridized carbons (Fsp3) is 0.125. The van der Waals surface area contributed by atoms with Crippen LogP contribution in [0.4, 0.5) is 0 Å². The highest BCUT2D eigenvalue weighted by atomic mass is 35.5. The van der Waals surface area contributed by atoms with Crippen LogP contribution < -0.4 is 4.74 Å². The van der Waals surface area contributed by atoms with Gasteiger partial charge in [0.1, 0.15) is 5.02 Å². The van der Waals surface area contributed by atoms with Crippen LogP contribution in [-0.2, 0) is 4.79 Å². The largest absolute Gasteiger partial charge is 0.448 e. The molecular formula is C8H4Cl4O2. The molecule has 1 aliphatic heterocycles. The van der Waals surface area contributed by atoms with Gasteiger partial charge in [0.05, 0.1) is 10.0 Å². The molecule has 0 saturated heterocycles. The van der Waals surface area contributed by atoms with E-state index >= 15 is 0 Å². The monoisotopic (exact) mass is 272 g/mol. The van der Waals surface area contributed by atoms with Crippen LogP contribution in [0.3, 0.4) is 0 Å². The molecule has 0 unspecified atom stereocenters. The van der Waals surface area contributed by atoms with Gasteiger partial charge in [0, 0.05) is 13.0 Å². The van der Waals surface area contributed by atoms with Crippen LogP contribution in [0.1, 0.15) is 6.92 Å². The van der Waals surface area contributed by atoms with E-state index in [-0.39, 0.29) is 5.24 Å². The summed E-state index contributed by atoms with van der Waals surface area (Å²) in [5.41, 5.74) is 0. The van der Waals surface area contributed by atoms with E-state index < -0.39 is 0 Å². The molecule has 14 heavy (non-hydrogen) atoms. The molecule has 0 bridgehead atoms. The van der Waals surface area contributed by atoms with Crippen molar-refractivity contribution in [3.05, 3.63) is 21.1 Å². The normalized spacial score (nSPS) is 10.6. The predicted octanol–water partition coefficient (Wildman–Crippen LogP) is 4.52. The first kappa shape index (κ1) is 11.9. The summed E-state index contributed by atoms with van der Waals surface area (Å²) in [5, 5.41) is 0.840. The first-order valence-electron chi connectivity index (χ1n) is 3.45. The molecule has 0 radical (unpaired) electrons. The van der Waals surface area contributed by atoms with E-state index in [2.05, 4.69) is 11.6 Å². The lowest BCUT2D eigenvalue weighted by molar-refractivity contribution is -0.109. The highest BCUT2D eigenvalue weighted by molar-refractivity contribution is 6.62. The van der Waals surface area contributed by atoms with E-state index in [0.29, 0.717) is 20.8 Å². The molecule has 1 heterocycles. The van der Waals surface area contributed by atoms with Crippen LogP contribution in [0.15, 0.2) is 6.07 Å². The molecule has 0 saturated carbocycles. The van der Waals surface area contributed by atoms with Crippen molar-refractivity contribution in [1.82, 2.24) is 0 Å². The van der Waals surface area contributed by atoms with Crippen molar-refractivity contribution < 1.29 is 9.53 Å². The fourth-order valence-corrected chi connectivity index (χ4v) is 1.33. The van der Waals surface area contributed by atoms with E-state index in [1.807, 2.05) is 0 Å². The molecule has 2 nitrogen and oxygen atoms in total. The summed E-state index contributed by atoms with van der Waals surface area (Å²) in [6, 6.07) is 1.64. The van der Waals surface area contributed by atoms with Gasteiger partial charge < -0.3 is 4.74 Å². The molecule has 0 N–H and O–H groups in total. The molecule has 76 valence electrons. The van der Waals surface area contributed by atoms with Gasteiger partial charge in [-0.05, 0) is 11.6 Å². The number of halogens is 4. The van der Waals surface area contributed by atoms with Gasteiger partial charge in [0.15, 0.2) is 11.5 Å². The Bertz CT molecular complexity index is 382. The molecule has 0 spiro atoms. The van der Waals surface area contributed by atoms with Crippen molar-refractivity contribution in [2.75, 3.05) is 0 Å². The number of hydrogen-bond donors (Lipinski definition) is 0. The average Bonchev–Trinajstić information content (AvgIpc) is 2.78. The molecule has 1 aliphatic rings. The van der Waals surface area contributed by atoms with Crippen LogP contribution in [0.2, 0.25) is 15.1 Å². The third-order valence-electron chi connectivity index (χ3n) is 1.25. The number of rotatable bonds is 0. The van der Waals surface area contributed by atoms with Crippen LogP contribution in [-0.4, -0.2) is 5.24 Å². The summed E-state index contributed by atoms with van der Waals surface area (Å²) in [4.78, 5) is 9.21. The Labute approximate surface area is 101 Å². The summed E-state index contributed by atoms with van der Waals surface area (Å²) < 4.78 is 4.93. The molecule has 0 aromatic heterocycles. The second-order valence-electron chi connectivity index (χ2n) is 2.39. The maximum absolute atomic E-state index is 9.21. The number of ether oxygens (including phenoxy) is 1. The van der Waals surface area contributed by atoms with E-state index in [0.717, 1.165) is 5.75 Å². The summed E-state index contributed by atoms with van der Waals surface area (Å²) in [6.07, 6.45) is 0. The van der Waals surface area contributed by atoms with Gasteiger partial charge in [-0.1, -0.05) is 34.8 Å².